The molecule has 0 aliphatic carbocycles. The van der Waals surface area contributed by atoms with E-state index in [1.54, 1.807) is 31.2 Å². The van der Waals surface area contributed by atoms with Crippen LogP contribution in [0.1, 0.15) is 23.1 Å². The highest BCUT2D eigenvalue weighted by molar-refractivity contribution is 7.99. The average molecular weight is 418 g/mol. The van der Waals surface area contributed by atoms with Crippen LogP contribution in [0.5, 0.6) is 0 Å². The highest BCUT2D eigenvalue weighted by Crippen LogP contribution is 2.35. The number of ether oxygens (including phenoxy) is 1. The summed E-state index contributed by atoms with van der Waals surface area (Å²) in [6.07, 6.45) is -4.73. The van der Waals surface area contributed by atoms with E-state index in [9.17, 15) is 18.0 Å². The molecule has 4 aromatic rings. The van der Waals surface area contributed by atoms with Crippen molar-refractivity contribution in [2.24, 2.45) is 0 Å². The first kappa shape index (κ1) is 19.2. The summed E-state index contributed by atoms with van der Waals surface area (Å²) in [4.78, 5) is 17.6. The summed E-state index contributed by atoms with van der Waals surface area (Å²) in [6, 6.07) is 13.4. The molecule has 4 rings (SSSR count). The summed E-state index contributed by atoms with van der Waals surface area (Å²) in [5.41, 5.74) is 0.185. The number of aromatic nitrogens is 4. The monoisotopic (exact) mass is 418 g/mol. The molecular formula is C19H13F3N4O2S. The minimum Gasteiger partial charge on any atom is -0.462 e. The third-order valence-corrected chi connectivity index (χ3v) is 5.01. The van der Waals surface area contributed by atoms with Gasteiger partial charge in [-0.2, -0.15) is 13.2 Å². The van der Waals surface area contributed by atoms with Crippen molar-refractivity contribution in [3.8, 4) is 0 Å². The van der Waals surface area contributed by atoms with Gasteiger partial charge in [-0.1, -0.05) is 36.0 Å². The predicted octanol–water partition coefficient (Wildman–Crippen LogP) is 4.62. The minimum atomic E-state index is -4.73. The van der Waals surface area contributed by atoms with Crippen molar-refractivity contribution < 1.29 is 22.7 Å². The molecule has 0 aliphatic heterocycles. The molecule has 0 saturated heterocycles. The van der Waals surface area contributed by atoms with Crippen LogP contribution in [0, 0.1) is 0 Å². The Morgan fingerprint density at radius 2 is 1.86 bits per heavy atom. The van der Waals surface area contributed by atoms with E-state index in [-0.39, 0.29) is 33.9 Å². The van der Waals surface area contributed by atoms with Crippen LogP contribution in [0.15, 0.2) is 58.5 Å². The van der Waals surface area contributed by atoms with Crippen LogP contribution in [0.4, 0.5) is 13.2 Å². The van der Waals surface area contributed by atoms with Crippen molar-refractivity contribution in [1.82, 2.24) is 19.6 Å². The largest absolute Gasteiger partial charge is 0.462 e. The van der Waals surface area contributed by atoms with Crippen molar-refractivity contribution in [3.05, 3.63) is 59.9 Å². The van der Waals surface area contributed by atoms with E-state index < -0.39 is 18.0 Å². The molecule has 2 aromatic carbocycles. The first-order valence-electron chi connectivity index (χ1n) is 8.55. The fraction of sp³-hybridized carbons (Fsp3) is 0.158. The zero-order chi connectivity index (χ0) is 20.6. The third kappa shape index (κ3) is 3.51. The Hall–Kier alpha value is -3.14. The summed E-state index contributed by atoms with van der Waals surface area (Å²) >= 11 is 1.14. The first-order valence-corrected chi connectivity index (χ1v) is 9.37. The molecule has 0 unspecified atom stereocenters. The maximum atomic E-state index is 13.6. The first-order chi connectivity index (χ1) is 13.9. The Bertz CT molecular complexity index is 1210. The van der Waals surface area contributed by atoms with E-state index in [0.29, 0.717) is 0 Å². The number of nitrogens with zero attached hydrogens (tertiary/aromatic N) is 4. The average Bonchev–Trinajstić information content (AvgIpc) is 3.15. The standard InChI is InChI=1S/C19H13F3N4O2S/c1-2-28-17(27)12-9-6-10-13-14(12)23-16(29-11-7-4-3-5-8-11)15-24-25-18(26(13)15)19(20,21)22/h3-10H,2H2,1H3. The van der Waals surface area contributed by atoms with Gasteiger partial charge in [0.25, 0.3) is 0 Å². The van der Waals surface area contributed by atoms with Crippen LogP contribution in [0.25, 0.3) is 16.7 Å². The highest BCUT2D eigenvalue weighted by Gasteiger charge is 2.38. The van der Waals surface area contributed by atoms with Gasteiger partial charge in [-0.05, 0) is 31.2 Å². The lowest BCUT2D eigenvalue weighted by Gasteiger charge is -2.12. The Labute approximate surface area is 166 Å². The number of carbonyl (C=O) groups is 1. The second-order valence-electron chi connectivity index (χ2n) is 5.91. The molecule has 2 heterocycles. The van der Waals surface area contributed by atoms with Crippen molar-refractivity contribution >= 4 is 34.4 Å². The number of fused-ring (bicyclic) bond motifs is 3. The SMILES string of the molecule is CCOC(=O)c1cccc2c1nc(Sc1ccccc1)c1nnc(C(F)(F)F)n12. The maximum absolute atomic E-state index is 13.6. The lowest BCUT2D eigenvalue weighted by Crippen LogP contribution is -2.13. The molecule has 0 amide bonds. The number of esters is 1. The van der Waals surface area contributed by atoms with E-state index in [1.165, 1.54) is 18.2 Å². The normalized spacial score (nSPS) is 11.9. The predicted molar refractivity (Wildman–Crippen MR) is 99.8 cm³/mol. The van der Waals surface area contributed by atoms with Crippen molar-refractivity contribution in [3.63, 3.8) is 0 Å². The number of rotatable bonds is 4. The van der Waals surface area contributed by atoms with Crippen LogP contribution in [-0.4, -0.2) is 32.2 Å². The van der Waals surface area contributed by atoms with Gasteiger partial charge in [0.2, 0.25) is 5.82 Å². The molecule has 0 fully saturated rings. The number of hydrogen-bond acceptors (Lipinski definition) is 6. The number of halogens is 3. The summed E-state index contributed by atoms with van der Waals surface area (Å²) in [6.45, 7) is 1.77. The molecule has 148 valence electrons. The highest BCUT2D eigenvalue weighted by atomic mass is 32.2. The van der Waals surface area contributed by atoms with E-state index in [2.05, 4.69) is 15.2 Å². The van der Waals surface area contributed by atoms with Crippen LogP contribution in [0.3, 0.4) is 0 Å². The van der Waals surface area contributed by atoms with Crippen molar-refractivity contribution in [2.75, 3.05) is 6.61 Å². The molecule has 6 nitrogen and oxygen atoms in total. The number of benzene rings is 2. The number of carbonyl (C=O) groups excluding carboxylic acids is 1. The van der Waals surface area contributed by atoms with Crippen molar-refractivity contribution in [1.29, 1.82) is 0 Å². The lowest BCUT2D eigenvalue weighted by molar-refractivity contribution is -0.145. The molecule has 0 spiro atoms. The fourth-order valence-electron chi connectivity index (χ4n) is 2.86. The number of para-hydroxylation sites is 1. The van der Waals surface area contributed by atoms with Gasteiger partial charge >= 0.3 is 12.1 Å². The van der Waals surface area contributed by atoms with Crippen LogP contribution in [-0.2, 0) is 10.9 Å². The summed E-state index contributed by atoms with van der Waals surface area (Å²) < 4.78 is 46.6. The van der Waals surface area contributed by atoms with Gasteiger partial charge in [0.05, 0.1) is 17.7 Å². The third-order valence-electron chi connectivity index (χ3n) is 4.03. The van der Waals surface area contributed by atoms with Gasteiger partial charge in [-0.3, -0.25) is 4.40 Å². The Balaban J connectivity index is 2.04. The lowest BCUT2D eigenvalue weighted by atomic mass is 10.1. The summed E-state index contributed by atoms with van der Waals surface area (Å²) in [5.74, 6) is -1.85. The second kappa shape index (κ2) is 7.36. The molecule has 29 heavy (non-hydrogen) atoms. The zero-order valence-corrected chi connectivity index (χ0v) is 15.8. The van der Waals surface area contributed by atoms with E-state index in [1.807, 2.05) is 6.07 Å². The van der Waals surface area contributed by atoms with Crippen LogP contribution in [0.2, 0.25) is 0 Å². The number of alkyl halides is 3. The molecule has 0 N–H and O–H groups in total. The molecule has 0 aliphatic rings. The van der Waals surface area contributed by atoms with E-state index in [0.717, 1.165) is 21.1 Å². The molecule has 0 atom stereocenters. The van der Waals surface area contributed by atoms with Gasteiger partial charge in [0, 0.05) is 4.90 Å². The quantitative estimate of drug-likeness (QED) is 0.451. The number of hydrogen-bond donors (Lipinski definition) is 0. The molecule has 2 aromatic heterocycles. The zero-order valence-electron chi connectivity index (χ0n) is 15.0. The van der Waals surface area contributed by atoms with Gasteiger partial charge in [-0.15, -0.1) is 10.2 Å². The van der Waals surface area contributed by atoms with E-state index in [4.69, 9.17) is 4.74 Å². The minimum absolute atomic E-state index is 0.0420. The Kier molecular flexibility index (Phi) is 4.87. The second-order valence-corrected chi connectivity index (χ2v) is 6.97. The topological polar surface area (TPSA) is 69.4 Å². The Morgan fingerprint density at radius 3 is 2.55 bits per heavy atom. The molecule has 0 radical (unpaired) electrons. The Morgan fingerprint density at radius 1 is 1.10 bits per heavy atom. The van der Waals surface area contributed by atoms with Crippen LogP contribution < -0.4 is 0 Å². The fourth-order valence-corrected chi connectivity index (χ4v) is 3.73. The summed E-state index contributed by atoms with van der Waals surface area (Å²) in [7, 11) is 0. The molecule has 0 saturated carbocycles. The van der Waals surface area contributed by atoms with Gasteiger partial charge in [-0.25, -0.2) is 9.78 Å². The van der Waals surface area contributed by atoms with Crippen molar-refractivity contribution in [2.45, 2.75) is 23.0 Å². The van der Waals surface area contributed by atoms with Gasteiger partial charge in [0.15, 0.2) is 5.65 Å². The van der Waals surface area contributed by atoms with Gasteiger partial charge in [0.1, 0.15) is 10.5 Å². The molecule has 10 heteroatoms. The van der Waals surface area contributed by atoms with Crippen LogP contribution >= 0.6 is 11.8 Å². The van der Waals surface area contributed by atoms with Gasteiger partial charge < -0.3 is 4.74 Å². The smallest absolute Gasteiger partial charge is 0.452 e. The van der Waals surface area contributed by atoms with E-state index >= 15 is 0 Å². The summed E-state index contributed by atoms with van der Waals surface area (Å²) in [5, 5.41) is 7.28. The maximum Gasteiger partial charge on any atom is 0.452 e. The molecular weight excluding hydrogens is 405 g/mol. The molecule has 0 bridgehead atoms.